The van der Waals surface area contributed by atoms with E-state index in [-0.39, 0.29) is 11.9 Å². The summed E-state index contributed by atoms with van der Waals surface area (Å²) in [5.41, 5.74) is 1.97. The fourth-order valence-electron chi connectivity index (χ4n) is 3.46. The van der Waals surface area contributed by atoms with Gasteiger partial charge in [0, 0.05) is 26.6 Å². The summed E-state index contributed by atoms with van der Waals surface area (Å²) in [4.78, 5) is 13.3. The van der Waals surface area contributed by atoms with Crippen molar-refractivity contribution in [1.29, 1.82) is 0 Å². The van der Waals surface area contributed by atoms with Gasteiger partial charge in [-0.25, -0.2) is 0 Å². The van der Waals surface area contributed by atoms with Crippen LogP contribution in [0.3, 0.4) is 0 Å². The van der Waals surface area contributed by atoms with Gasteiger partial charge in [0.15, 0.2) is 12.3 Å². The summed E-state index contributed by atoms with van der Waals surface area (Å²) >= 11 is 0. The summed E-state index contributed by atoms with van der Waals surface area (Å²) in [5, 5.41) is 9.48. The lowest BCUT2D eigenvalue weighted by Crippen LogP contribution is -2.46. The Bertz CT molecular complexity index is 904. The quantitative estimate of drug-likeness (QED) is 0.652. The smallest absolute Gasteiger partial charge is 0.249 e. The molecule has 1 aromatic heterocycles. The number of carbonyl (C=O) groups is 1. The highest BCUT2D eigenvalue weighted by atomic mass is 16.7. The lowest BCUT2D eigenvalue weighted by molar-refractivity contribution is -0.137. The van der Waals surface area contributed by atoms with Crippen LogP contribution < -0.4 is 5.32 Å². The highest BCUT2D eigenvalue weighted by Gasteiger charge is 2.29. The first kappa shape index (κ1) is 19.1. The summed E-state index contributed by atoms with van der Waals surface area (Å²) in [6, 6.07) is 13.1. The lowest BCUT2D eigenvalue weighted by atomic mass is 9.93. The van der Waals surface area contributed by atoms with Gasteiger partial charge in [-0.3, -0.25) is 9.48 Å². The van der Waals surface area contributed by atoms with Gasteiger partial charge >= 0.3 is 0 Å². The van der Waals surface area contributed by atoms with Crippen LogP contribution >= 0.6 is 0 Å². The molecule has 0 aliphatic heterocycles. The second-order valence-corrected chi connectivity index (χ2v) is 6.54. The molecule has 3 rings (SSSR count). The molecule has 2 aromatic carbocycles. The van der Waals surface area contributed by atoms with Gasteiger partial charge in [-0.1, -0.05) is 36.4 Å². The maximum Gasteiger partial charge on any atom is 0.249 e. The minimum atomic E-state index is -0.595. The van der Waals surface area contributed by atoms with E-state index in [4.69, 9.17) is 9.47 Å². The molecule has 0 spiro atoms. The summed E-state index contributed by atoms with van der Waals surface area (Å²) in [7, 11) is 3.10. The van der Waals surface area contributed by atoms with Crippen LogP contribution in [0, 0.1) is 6.92 Å². The summed E-state index contributed by atoms with van der Waals surface area (Å²) in [6.45, 7) is 3.87. The van der Waals surface area contributed by atoms with Gasteiger partial charge in [-0.05, 0) is 41.8 Å². The van der Waals surface area contributed by atoms with Gasteiger partial charge in [-0.15, -0.1) is 0 Å². The van der Waals surface area contributed by atoms with Gasteiger partial charge < -0.3 is 14.8 Å². The van der Waals surface area contributed by atoms with Crippen LogP contribution in [-0.2, 0) is 14.3 Å². The molecule has 6 nitrogen and oxygen atoms in total. The Hall–Kier alpha value is -2.70. The molecule has 3 aromatic rings. The van der Waals surface area contributed by atoms with E-state index in [1.165, 1.54) is 0 Å². The molecule has 0 saturated heterocycles. The number of aryl methyl sites for hydroxylation is 1. The van der Waals surface area contributed by atoms with Crippen LogP contribution in [-0.4, -0.2) is 42.2 Å². The molecular formula is C21H25N3O3. The van der Waals surface area contributed by atoms with E-state index >= 15 is 0 Å². The first-order valence-electron chi connectivity index (χ1n) is 8.90. The predicted molar refractivity (Wildman–Crippen MR) is 104 cm³/mol. The second kappa shape index (κ2) is 8.33. The SMILES string of the molecule is COC(OC)C(C)NC(=O)C(c1c(C)ccc2ccccc12)n1cccn1. The maximum absolute atomic E-state index is 13.3. The van der Waals surface area contributed by atoms with E-state index in [0.717, 1.165) is 21.9 Å². The van der Waals surface area contributed by atoms with Gasteiger partial charge in [0.05, 0.1) is 6.04 Å². The Morgan fingerprint density at radius 3 is 2.52 bits per heavy atom. The number of hydrogen-bond acceptors (Lipinski definition) is 4. The van der Waals surface area contributed by atoms with E-state index in [1.807, 2.05) is 50.2 Å². The first-order valence-corrected chi connectivity index (χ1v) is 8.90. The van der Waals surface area contributed by atoms with Gasteiger partial charge in [0.1, 0.15) is 0 Å². The summed E-state index contributed by atoms with van der Waals surface area (Å²) in [5.74, 6) is -0.162. The van der Waals surface area contributed by atoms with Crippen LogP contribution in [0.25, 0.3) is 10.8 Å². The number of fused-ring (bicyclic) bond motifs is 1. The van der Waals surface area contributed by atoms with Crippen molar-refractivity contribution < 1.29 is 14.3 Å². The molecule has 142 valence electrons. The molecule has 1 N–H and O–H groups in total. The minimum absolute atomic E-state index is 0.162. The molecule has 0 radical (unpaired) electrons. The van der Waals surface area contributed by atoms with Crippen molar-refractivity contribution in [1.82, 2.24) is 15.1 Å². The van der Waals surface area contributed by atoms with Crippen LogP contribution in [0.2, 0.25) is 0 Å². The molecule has 0 saturated carbocycles. The molecule has 27 heavy (non-hydrogen) atoms. The molecular weight excluding hydrogens is 342 g/mol. The highest BCUT2D eigenvalue weighted by Crippen LogP contribution is 2.30. The van der Waals surface area contributed by atoms with Crippen LogP contribution in [0.15, 0.2) is 54.9 Å². The lowest BCUT2D eigenvalue weighted by Gasteiger charge is -2.26. The van der Waals surface area contributed by atoms with Gasteiger partial charge in [-0.2, -0.15) is 5.10 Å². The van der Waals surface area contributed by atoms with Gasteiger partial charge in [0.2, 0.25) is 5.91 Å². The molecule has 6 heteroatoms. The Balaban J connectivity index is 2.06. The highest BCUT2D eigenvalue weighted by molar-refractivity contribution is 5.94. The van der Waals surface area contributed by atoms with E-state index < -0.39 is 12.3 Å². The molecule has 0 bridgehead atoms. The van der Waals surface area contributed by atoms with E-state index in [2.05, 4.69) is 16.5 Å². The number of aromatic nitrogens is 2. The number of benzene rings is 2. The van der Waals surface area contributed by atoms with Crippen molar-refractivity contribution in [3.05, 3.63) is 66.0 Å². The molecule has 1 heterocycles. The number of hydrogen-bond donors (Lipinski definition) is 1. The number of rotatable bonds is 7. The first-order chi connectivity index (χ1) is 13.1. The largest absolute Gasteiger partial charge is 0.354 e. The number of carbonyl (C=O) groups excluding carboxylic acids is 1. The van der Waals surface area contributed by atoms with Crippen LogP contribution in [0.4, 0.5) is 0 Å². The molecule has 0 fully saturated rings. The number of methoxy groups -OCH3 is 2. The van der Waals surface area contributed by atoms with Crippen molar-refractivity contribution in [2.24, 2.45) is 0 Å². The third kappa shape index (κ3) is 3.86. The third-order valence-electron chi connectivity index (χ3n) is 4.74. The molecule has 0 aliphatic rings. The number of ether oxygens (including phenoxy) is 2. The minimum Gasteiger partial charge on any atom is -0.354 e. The number of nitrogens with one attached hydrogen (secondary N) is 1. The van der Waals surface area contributed by atoms with Crippen LogP contribution in [0.1, 0.15) is 24.1 Å². The predicted octanol–water partition coefficient (Wildman–Crippen LogP) is 3.06. The van der Waals surface area contributed by atoms with Crippen molar-refractivity contribution in [2.45, 2.75) is 32.2 Å². The van der Waals surface area contributed by atoms with Crippen LogP contribution in [0.5, 0.6) is 0 Å². The maximum atomic E-state index is 13.3. The van der Waals surface area contributed by atoms with E-state index in [0.29, 0.717) is 0 Å². The fourth-order valence-corrected chi connectivity index (χ4v) is 3.46. The monoisotopic (exact) mass is 367 g/mol. The standard InChI is InChI=1S/C21H25N3O3/c1-14-10-11-16-8-5-6-9-17(16)18(14)19(24-13-7-12-22-24)20(25)23-15(2)21(26-3)27-4/h5-13,15,19,21H,1-4H3,(H,23,25). The zero-order chi connectivity index (χ0) is 19.4. The van der Waals surface area contributed by atoms with E-state index in [9.17, 15) is 4.79 Å². The molecule has 2 unspecified atom stereocenters. The molecule has 1 amide bonds. The Morgan fingerprint density at radius 1 is 1.11 bits per heavy atom. The Kier molecular flexibility index (Phi) is 5.88. The Labute approximate surface area is 159 Å². The summed E-state index contributed by atoms with van der Waals surface area (Å²) < 4.78 is 12.2. The second-order valence-electron chi connectivity index (χ2n) is 6.54. The zero-order valence-corrected chi connectivity index (χ0v) is 16.0. The average Bonchev–Trinajstić information content (AvgIpc) is 3.19. The fraction of sp³-hybridized carbons (Fsp3) is 0.333. The normalized spacial score (nSPS) is 13.7. The number of amides is 1. The van der Waals surface area contributed by atoms with Crippen molar-refractivity contribution in [3.63, 3.8) is 0 Å². The van der Waals surface area contributed by atoms with Gasteiger partial charge in [0.25, 0.3) is 0 Å². The van der Waals surface area contributed by atoms with Crippen molar-refractivity contribution in [3.8, 4) is 0 Å². The third-order valence-corrected chi connectivity index (χ3v) is 4.74. The van der Waals surface area contributed by atoms with E-state index in [1.54, 1.807) is 31.3 Å². The summed E-state index contributed by atoms with van der Waals surface area (Å²) in [6.07, 6.45) is 2.96. The van der Waals surface area contributed by atoms with Crippen molar-refractivity contribution in [2.75, 3.05) is 14.2 Å². The van der Waals surface area contributed by atoms with Crippen molar-refractivity contribution >= 4 is 16.7 Å². The topological polar surface area (TPSA) is 65.4 Å². The Morgan fingerprint density at radius 2 is 1.85 bits per heavy atom. The molecule has 0 aliphatic carbocycles. The number of nitrogens with zero attached hydrogens (tertiary/aromatic N) is 2. The average molecular weight is 367 g/mol. The molecule has 2 atom stereocenters. The zero-order valence-electron chi connectivity index (χ0n) is 16.0.